The van der Waals surface area contributed by atoms with E-state index in [9.17, 15) is 4.39 Å². The third-order valence-electron chi connectivity index (χ3n) is 2.06. The highest BCUT2D eigenvalue weighted by atomic mass is 32.2. The van der Waals surface area contributed by atoms with Crippen LogP contribution in [0.1, 0.15) is 0 Å². The predicted molar refractivity (Wildman–Crippen MR) is 63.3 cm³/mol. The standard InChI is InChI=1S/C11H12FN3S/c12-9-1-3-10(4-2-9)15-7-6-14-11(15)16-8-5-13/h1-4,6-7H,5,8,13H2. The maximum absolute atomic E-state index is 12.8. The Morgan fingerprint density at radius 2 is 2.06 bits per heavy atom. The molecule has 0 fully saturated rings. The van der Waals surface area contributed by atoms with Crippen molar-refractivity contribution in [3.05, 3.63) is 42.5 Å². The highest BCUT2D eigenvalue weighted by Crippen LogP contribution is 2.19. The molecular formula is C11H12FN3S. The molecule has 0 saturated carbocycles. The Bertz CT molecular complexity index is 453. The summed E-state index contributed by atoms with van der Waals surface area (Å²) in [7, 11) is 0. The lowest BCUT2D eigenvalue weighted by molar-refractivity contribution is 0.627. The van der Waals surface area contributed by atoms with E-state index in [0.29, 0.717) is 6.54 Å². The zero-order valence-electron chi connectivity index (χ0n) is 8.64. The third-order valence-corrected chi connectivity index (χ3v) is 3.06. The molecule has 3 nitrogen and oxygen atoms in total. The minimum absolute atomic E-state index is 0.236. The predicted octanol–water partition coefficient (Wildman–Crippen LogP) is 2.06. The average Bonchev–Trinajstić information content (AvgIpc) is 2.75. The maximum atomic E-state index is 12.8. The van der Waals surface area contributed by atoms with E-state index >= 15 is 0 Å². The first-order chi connectivity index (χ1) is 7.81. The van der Waals surface area contributed by atoms with E-state index in [1.165, 1.54) is 12.1 Å². The van der Waals surface area contributed by atoms with Crippen LogP contribution in [0.3, 0.4) is 0 Å². The van der Waals surface area contributed by atoms with Crippen LogP contribution in [0, 0.1) is 5.82 Å². The van der Waals surface area contributed by atoms with Crippen LogP contribution < -0.4 is 5.73 Å². The van der Waals surface area contributed by atoms with Crippen molar-refractivity contribution in [3.8, 4) is 5.69 Å². The van der Waals surface area contributed by atoms with Gasteiger partial charge in [0.1, 0.15) is 5.82 Å². The summed E-state index contributed by atoms with van der Waals surface area (Å²) in [5.41, 5.74) is 6.35. The molecule has 0 bridgehead atoms. The zero-order chi connectivity index (χ0) is 11.4. The van der Waals surface area contributed by atoms with Crippen molar-refractivity contribution in [2.24, 2.45) is 5.73 Å². The number of rotatable bonds is 4. The zero-order valence-corrected chi connectivity index (χ0v) is 9.45. The number of thioether (sulfide) groups is 1. The molecule has 5 heteroatoms. The van der Waals surface area contributed by atoms with Gasteiger partial charge in [0.05, 0.1) is 0 Å². The molecule has 1 heterocycles. The van der Waals surface area contributed by atoms with Crippen LogP contribution in [0.15, 0.2) is 41.8 Å². The van der Waals surface area contributed by atoms with Crippen LogP contribution in [0.2, 0.25) is 0 Å². The molecule has 1 aromatic carbocycles. The molecule has 1 aromatic heterocycles. The molecule has 84 valence electrons. The highest BCUT2D eigenvalue weighted by Gasteiger charge is 2.04. The summed E-state index contributed by atoms with van der Waals surface area (Å²) in [5.74, 6) is 0.582. The van der Waals surface area contributed by atoms with Gasteiger partial charge in [-0.3, -0.25) is 4.57 Å². The van der Waals surface area contributed by atoms with Crippen LogP contribution in [0.25, 0.3) is 5.69 Å². The molecule has 2 rings (SSSR count). The van der Waals surface area contributed by atoms with Crippen LogP contribution in [-0.4, -0.2) is 21.8 Å². The van der Waals surface area contributed by atoms with Gasteiger partial charge in [0.2, 0.25) is 0 Å². The molecule has 16 heavy (non-hydrogen) atoms. The Labute approximate surface area is 97.5 Å². The molecule has 0 amide bonds. The van der Waals surface area contributed by atoms with Crippen molar-refractivity contribution in [1.29, 1.82) is 0 Å². The van der Waals surface area contributed by atoms with Gasteiger partial charge >= 0.3 is 0 Å². The number of halogens is 1. The van der Waals surface area contributed by atoms with Gasteiger partial charge in [0.25, 0.3) is 0 Å². The summed E-state index contributed by atoms with van der Waals surface area (Å²) in [6.07, 6.45) is 3.58. The van der Waals surface area contributed by atoms with Gasteiger partial charge < -0.3 is 5.73 Å². The van der Waals surface area contributed by atoms with Crippen molar-refractivity contribution in [2.75, 3.05) is 12.3 Å². The molecule has 0 atom stereocenters. The number of benzene rings is 1. The Hall–Kier alpha value is -1.33. The average molecular weight is 237 g/mol. The first-order valence-corrected chi connectivity index (χ1v) is 5.92. The summed E-state index contributed by atoms with van der Waals surface area (Å²) in [6, 6.07) is 6.33. The molecular weight excluding hydrogens is 225 g/mol. The SMILES string of the molecule is NCCSc1nccn1-c1ccc(F)cc1. The summed E-state index contributed by atoms with van der Waals surface area (Å²) < 4.78 is 14.7. The normalized spacial score (nSPS) is 10.6. The number of imidazole rings is 1. The Kier molecular flexibility index (Phi) is 3.58. The van der Waals surface area contributed by atoms with E-state index in [0.717, 1.165) is 16.6 Å². The number of aromatic nitrogens is 2. The maximum Gasteiger partial charge on any atom is 0.172 e. The Morgan fingerprint density at radius 1 is 1.31 bits per heavy atom. The largest absolute Gasteiger partial charge is 0.330 e. The molecule has 0 unspecified atom stereocenters. The lowest BCUT2D eigenvalue weighted by Crippen LogP contribution is -2.03. The number of nitrogens with zero attached hydrogens (tertiary/aromatic N) is 2. The van der Waals surface area contributed by atoms with Gasteiger partial charge in [-0.1, -0.05) is 11.8 Å². The van der Waals surface area contributed by atoms with Crippen LogP contribution >= 0.6 is 11.8 Å². The first-order valence-electron chi connectivity index (χ1n) is 4.93. The fourth-order valence-corrected chi connectivity index (χ4v) is 2.09. The number of nitrogens with two attached hydrogens (primary N) is 1. The summed E-state index contributed by atoms with van der Waals surface area (Å²) in [4.78, 5) is 4.23. The Morgan fingerprint density at radius 3 is 2.75 bits per heavy atom. The minimum atomic E-state index is -0.236. The summed E-state index contributed by atoms with van der Waals surface area (Å²) in [6.45, 7) is 0.612. The molecule has 0 aliphatic heterocycles. The quantitative estimate of drug-likeness (QED) is 0.828. The van der Waals surface area contributed by atoms with E-state index in [-0.39, 0.29) is 5.82 Å². The van der Waals surface area contributed by atoms with Gasteiger partial charge in [-0.05, 0) is 24.3 Å². The summed E-state index contributed by atoms with van der Waals surface area (Å²) in [5, 5.41) is 0.872. The number of hydrogen-bond donors (Lipinski definition) is 1. The van der Waals surface area contributed by atoms with Crippen molar-refractivity contribution in [1.82, 2.24) is 9.55 Å². The van der Waals surface area contributed by atoms with E-state index < -0.39 is 0 Å². The second-order valence-electron chi connectivity index (χ2n) is 3.19. The highest BCUT2D eigenvalue weighted by molar-refractivity contribution is 7.99. The first kappa shape index (κ1) is 11.2. The molecule has 0 aliphatic carbocycles. The van der Waals surface area contributed by atoms with Gasteiger partial charge in [-0.15, -0.1) is 0 Å². The monoisotopic (exact) mass is 237 g/mol. The van der Waals surface area contributed by atoms with E-state index in [1.54, 1.807) is 30.1 Å². The Balaban J connectivity index is 2.26. The van der Waals surface area contributed by atoms with Crippen LogP contribution in [-0.2, 0) is 0 Å². The van der Waals surface area contributed by atoms with Gasteiger partial charge in [0.15, 0.2) is 5.16 Å². The molecule has 0 radical (unpaired) electrons. The van der Waals surface area contributed by atoms with Crippen LogP contribution in [0.4, 0.5) is 4.39 Å². The van der Waals surface area contributed by atoms with E-state index in [2.05, 4.69) is 4.98 Å². The fourth-order valence-electron chi connectivity index (χ4n) is 1.34. The molecule has 2 N–H and O–H groups in total. The second kappa shape index (κ2) is 5.14. The lowest BCUT2D eigenvalue weighted by atomic mass is 10.3. The molecule has 0 aliphatic rings. The van der Waals surface area contributed by atoms with Crippen molar-refractivity contribution in [2.45, 2.75) is 5.16 Å². The van der Waals surface area contributed by atoms with Crippen molar-refractivity contribution in [3.63, 3.8) is 0 Å². The van der Waals surface area contributed by atoms with Crippen LogP contribution in [0.5, 0.6) is 0 Å². The van der Waals surface area contributed by atoms with Crippen molar-refractivity contribution >= 4 is 11.8 Å². The van der Waals surface area contributed by atoms with Gasteiger partial charge in [-0.25, -0.2) is 9.37 Å². The topological polar surface area (TPSA) is 43.8 Å². The smallest absolute Gasteiger partial charge is 0.172 e. The molecule has 2 aromatic rings. The van der Waals surface area contributed by atoms with E-state index in [1.807, 2.05) is 10.8 Å². The van der Waals surface area contributed by atoms with Gasteiger partial charge in [-0.2, -0.15) is 0 Å². The third kappa shape index (κ3) is 2.43. The van der Waals surface area contributed by atoms with Crippen molar-refractivity contribution < 1.29 is 4.39 Å². The second-order valence-corrected chi connectivity index (χ2v) is 4.26. The molecule has 0 saturated heterocycles. The molecule has 0 spiro atoms. The van der Waals surface area contributed by atoms with Gasteiger partial charge in [0, 0.05) is 30.4 Å². The fraction of sp³-hybridized carbons (Fsp3) is 0.182. The number of hydrogen-bond acceptors (Lipinski definition) is 3. The summed E-state index contributed by atoms with van der Waals surface area (Å²) >= 11 is 1.59. The van der Waals surface area contributed by atoms with E-state index in [4.69, 9.17) is 5.73 Å². The lowest BCUT2D eigenvalue weighted by Gasteiger charge is -2.06. The minimum Gasteiger partial charge on any atom is -0.330 e.